The molecule has 1 N–H and O–H groups in total. The van der Waals surface area contributed by atoms with Gasteiger partial charge in [0.05, 0.1) is 7.11 Å². The number of benzene rings is 1. The summed E-state index contributed by atoms with van der Waals surface area (Å²) in [4.78, 5) is 12.2. The first-order valence-corrected chi connectivity index (χ1v) is 7.06. The zero-order valence-electron chi connectivity index (χ0n) is 10.5. The van der Waals surface area contributed by atoms with E-state index in [0.29, 0.717) is 12.2 Å². The van der Waals surface area contributed by atoms with E-state index in [1.165, 1.54) is 0 Å². The molecule has 1 aliphatic rings. The normalized spacial score (nSPS) is 16.6. The number of Topliss-reactive ketones (excluding diaryl/α,β-unsaturated/α-hetero) is 1. The number of rotatable bonds is 4. The largest absolute Gasteiger partial charge is 0.496 e. The van der Waals surface area contributed by atoms with Gasteiger partial charge in [0.25, 0.3) is 0 Å². The maximum Gasteiger partial charge on any atom is 0.140 e. The van der Waals surface area contributed by atoms with E-state index >= 15 is 0 Å². The van der Waals surface area contributed by atoms with Crippen molar-refractivity contribution in [1.29, 1.82) is 0 Å². The smallest absolute Gasteiger partial charge is 0.140 e. The number of nitrogens with one attached hydrogen (secondary N) is 1. The lowest BCUT2D eigenvalue weighted by atomic mass is 9.90. The van der Waals surface area contributed by atoms with Crippen LogP contribution in [0.5, 0.6) is 5.75 Å². The molecule has 0 bridgehead atoms. The molecule has 4 heteroatoms. The van der Waals surface area contributed by atoms with E-state index in [4.69, 9.17) is 4.74 Å². The molecule has 0 aromatic heterocycles. The predicted octanol–water partition coefficient (Wildman–Crippen LogP) is 2.57. The minimum Gasteiger partial charge on any atom is -0.496 e. The quantitative estimate of drug-likeness (QED) is 0.929. The zero-order chi connectivity index (χ0) is 13.0. The van der Waals surface area contributed by atoms with E-state index in [0.717, 1.165) is 41.7 Å². The summed E-state index contributed by atoms with van der Waals surface area (Å²) < 4.78 is 6.29. The second-order valence-electron chi connectivity index (χ2n) is 4.62. The number of ether oxygens (including phenoxy) is 1. The van der Waals surface area contributed by atoms with E-state index in [2.05, 4.69) is 21.2 Å². The van der Waals surface area contributed by atoms with E-state index in [1.807, 2.05) is 18.2 Å². The van der Waals surface area contributed by atoms with Crippen molar-refractivity contribution in [3.05, 3.63) is 28.2 Å². The van der Waals surface area contributed by atoms with Crippen molar-refractivity contribution in [2.24, 2.45) is 5.92 Å². The Kier molecular flexibility index (Phi) is 4.78. The molecule has 1 aliphatic heterocycles. The molecule has 0 atom stereocenters. The molecule has 0 aliphatic carbocycles. The fourth-order valence-electron chi connectivity index (χ4n) is 2.36. The lowest BCUT2D eigenvalue weighted by molar-refractivity contribution is -0.122. The van der Waals surface area contributed by atoms with Gasteiger partial charge in [0.1, 0.15) is 11.5 Å². The van der Waals surface area contributed by atoms with Gasteiger partial charge in [0, 0.05) is 22.4 Å². The molecule has 0 radical (unpaired) electrons. The summed E-state index contributed by atoms with van der Waals surface area (Å²) in [5.41, 5.74) is 0.968. The highest BCUT2D eigenvalue weighted by Crippen LogP contribution is 2.25. The van der Waals surface area contributed by atoms with Crippen LogP contribution in [0, 0.1) is 5.92 Å². The van der Waals surface area contributed by atoms with Crippen LogP contribution in [-0.2, 0) is 11.2 Å². The number of halogens is 1. The summed E-state index contributed by atoms with van der Waals surface area (Å²) in [6.07, 6.45) is 2.37. The number of carbonyl (C=O) groups is 1. The molecule has 1 aromatic rings. The first kappa shape index (κ1) is 13.6. The standard InChI is InChI=1S/C14H18BrNO2/c1-18-14-3-2-12(15)8-11(14)9-13(17)10-4-6-16-7-5-10/h2-3,8,10,16H,4-7,9H2,1H3. The number of piperidine rings is 1. The summed E-state index contributed by atoms with van der Waals surface area (Å²) in [6, 6.07) is 5.80. The molecular formula is C14H18BrNO2. The molecular weight excluding hydrogens is 294 g/mol. The monoisotopic (exact) mass is 311 g/mol. The third kappa shape index (κ3) is 3.33. The van der Waals surface area contributed by atoms with Crippen LogP contribution in [0.25, 0.3) is 0 Å². The molecule has 0 spiro atoms. The highest BCUT2D eigenvalue weighted by molar-refractivity contribution is 9.10. The van der Waals surface area contributed by atoms with E-state index in [9.17, 15) is 4.79 Å². The van der Waals surface area contributed by atoms with E-state index in [1.54, 1.807) is 7.11 Å². The van der Waals surface area contributed by atoms with Crippen molar-refractivity contribution >= 4 is 21.7 Å². The molecule has 1 aromatic carbocycles. The Morgan fingerprint density at radius 3 is 2.83 bits per heavy atom. The maximum absolute atomic E-state index is 12.2. The average Bonchev–Trinajstić information content (AvgIpc) is 2.40. The molecule has 18 heavy (non-hydrogen) atoms. The molecule has 3 nitrogen and oxygen atoms in total. The van der Waals surface area contributed by atoms with Gasteiger partial charge >= 0.3 is 0 Å². The minimum absolute atomic E-state index is 0.204. The summed E-state index contributed by atoms with van der Waals surface area (Å²) in [5, 5.41) is 3.28. The molecule has 98 valence electrons. The van der Waals surface area contributed by atoms with E-state index in [-0.39, 0.29) is 5.92 Å². The van der Waals surface area contributed by atoms with Crippen molar-refractivity contribution in [2.45, 2.75) is 19.3 Å². The lowest BCUT2D eigenvalue weighted by Gasteiger charge is -2.21. The summed E-state index contributed by atoms with van der Waals surface area (Å²) in [7, 11) is 1.64. The van der Waals surface area contributed by atoms with Gasteiger partial charge in [-0.15, -0.1) is 0 Å². The summed E-state index contributed by atoms with van der Waals surface area (Å²) in [6.45, 7) is 1.90. The maximum atomic E-state index is 12.2. The molecule has 0 amide bonds. The van der Waals surface area contributed by atoms with Gasteiger partial charge in [0.15, 0.2) is 0 Å². The fourth-order valence-corrected chi connectivity index (χ4v) is 2.77. The van der Waals surface area contributed by atoms with Gasteiger partial charge in [-0.3, -0.25) is 4.79 Å². The molecule has 1 fully saturated rings. The Hall–Kier alpha value is -0.870. The van der Waals surface area contributed by atoms with Crippen LogP contribution in [0.3, 0.4) is 0 Å². The highest BCUT2D eigenvalue weighted by Gasteiger charge is 2.21. The first-order chi connectivity index (χ1) is 8.70. The van der Waals surface area contributed by atoms with Crippen LogP contribution in [-0.4, -0.2) is 26.0 Å². The Balaban J connectivity index is 2.07. The number of hydrogen-bond acceptors (Lipinski definition) is 3. The predicted molar refractivity (Wildman–Crippen MR) is 75.0 cm³/mol. The van der Waals surface area contributed by atoms with Gasteiger partial charge in [-0.05, 0) is 44.1 Å². The molecule has 0 saturated carbocycles. The summed E-state index contributed by atoms with van der Waals surface area (Å²) in [5.74, 6) is 1.32. The van der Waals surface area contributed by atoms with Crippen LogP contribution in [0.15, 0.2) is 22.7 Å². The third-order valence-corrected chi connectivity index (χ3v) is 3.89. The Morgan fingerprint density at radius 1 is 1.44 bits per heavy atom. The number of ketones is 1. The van der Waals surface area contributed by atoms with Gasteiger partial charge < -0.3 is 10.1 Å². The number of methoxy groups -OCH3 is 1. The van der Waals surface area contributed by atoms with Crippen LogP contribution >= 0.6 is 15.9 Å². The second-order valence-corrected chi connectivity index (χ2v) is 5.54. The van der Waals surface area contributed by atoms with Crippen LogP contribution in [0.4, 0.5) is 0 Å². The van der Waals surface area contributed by atoms with Gasteiger partial charge in [-0.25, -0.2) is 0 Å². The van der Waals surface area contributed by atoms with Gasteiger partial charge in [-0.2, -0.15) is 0 Å². The Labute approximate surface area is 116 Å². The average molecular weight is 312 g/mol. The Bertz CT molecular complexity index is 428. The topological polar surface area (TPSA) is 38.3 Å². The Morgan fingerprint density at radius 2 is 2.17 bits per heavy atom. The number of carbonyl (C=O) groups excluding carboxylic acids is 1. The minimum atomic E-state index is 0.204. The van der Waals surface area contributed by atoms with Crippen molar-refractivity contribution < 1.29 is 9.53 Å². The van der Waals surface area contributed by atoms with Crippen molar-refractivity contribution in [2.75, 3.05) is 20.2 Å². The van der Waals surface area contributed by atoms with Crippen molar-refractivity contribution in [1.82, 2.24) is 5.32 Å². The lowest BCUT2D eigenvalue weighted by Crippen LogP contribution is -2.32. The van der Waals surface area contributed by atoms with Crippen LogP contribution in [0.1, 0.15) is 18.4 Å². The molecule has 1 heterocycles. The SMILES string of the molecule is COc1ccc(Br)cc1CC(=O)C1CCNCC1. The third-order valence-electron chi connectivity index (χ3n) is 3.40. The molecule has 2 rings (SSSR count). The first-order valence-electron chi connectivity index (χ1n) is 6.26. The van der Waals surface area contributed by atoms with Gasteiger partial charge in [0.2, 0.25) is 0 Å². The van der Waals surface area contributed by atoms with Crippen molar-refractivity contribution in [3.63, 3.8) is 0 Å². The van der Waals surface area contributed by atoms with Gasteiger partial charge in [-0.1, -0.05) is 15.9 Å². The van der Waals surface area contributed by atoms with Crippen LogP contribution < -0.4 is 10.1 Å². The van der Waals surface area contributed by atoms with Crippen LogP contribution in [0.2, 0.25) is 0 Å². The highest BCUT2D eigenvalue weighted by atomic mass is 79.9. The fraction of sp³-hybridized carbons (Fsp3) is 0.500. The molecule has 0 unspecified atom stereocenters. The van der Waals surface area contributed by atoms with Crippen molar-refractivity contribution in [3.8, 4) is 5.75 Å². The number of hydrogen-bond donors (Lipinski definition) is 1. The van der Waals surface area contributed by atoms with E-state index < -0.39 is 0 Å². The second kappa shape index (κ2) is 6.34. The summed E-state index contributed by atoms with van der Waals surface area (Å²) >= 11 is 3.43. The zero-order valence-corrected chi connectivity index (χ0v) is 12.1. The molecule has 1 saturated heterocycles.